The van der Waals surface area contributed by atoms with Gasteiger partial charge in [0.1, 0.15) is 0 Å². The number of amides is 2. The minimum absolute atomic E-state index is 0.0987. The number of hydrogen-bond acceptors (Lipinski definition) is 5. The van der Waals surface area contributed by atoms with Gasteiger partial charge in [-0.25, -0.2) is 8.42 Å². The van der Waals surface area contributed by atoms with Crippen LogP contribution >= 0.6 is 0 Å². The monoisotopic (exact) mass is 443 g/mol. The molecule has 1 saturated carbocycles. The highest BCUT2D eigenvalue weighted by Gasteiger charge is 2.36. The molecule has 0 atom stereocenters. The topological polar surface area (TPSA) is 105 Å². The molecule has 2 aromatic rings. The summed E-state index contributed by atoms with van der Waals surface area (Å²) in [5.41, 5.74) is 2.05. The average Bonchev–Trinajstić information content (AvgIpc) is 3.52. The normalized spacial score (nSPS) is 15.5. The number of nitrogens with one attached hydrogen (secondary N) is 2. The van der Waals surface area contributed by atoms with Crippen molar-refractivity contribution >= 4 is 33.2 Å². The summed E-state index contributed by atoms with van der Waals surface area (Å²) in [4.78, 5) is 26.7. The Balaban J connectivity index is 1.54. The molecule has 31 heavy (non-hydrogen) atoms. The maximum atomic E-state index is 13.0. The molecular formula is C22H25N3O5S. The molecule has 2 amide bonds. The zero-order valence-electron chi connectivity index (χ0n) is 17.3. The van der Waals surface area contributed by atoms with E-state index < -0.39 is 15.9 Å². The number of anilines is 2. The summed E-state index contributed by atoms with van der Waals surface area (Å²) >= 11 is 0. The molecule has 0 saturated heterocycles. The van der Waals surface area contributed by atoms with Gasteiger partial charge in [-0.2, -0.15) is 0 Å². The second-order valence-corrected chi connectivity index (χ2v) is 9.39. The molecule has 1 fully saturated rings. The van der Waals surface area contributed by atoms with Crippen molar-refractivity contribution in [3.8, 4) is 0 Å². The van der Waals surface area contributed by atoms with Crippen LogP contribution in [0.5, 0.6) is 0 Å². The number of para-hydroxylation sites is 1. The molecule has 0 radical (unpaired) electrons. The molecule has 0 spiro atoms. The lowest BCUT2D eigenvalue weighted by molar-refractivity contribution is -0.119. The first-order valence-electron chi connectivity index (χ1n) is 10.2. The van der Waals surface area contributed by atoms with E-state index in [-0.39, 0.29) is 28.0 Å². The average molecular weight is 444 g/mol. The van der Waals surface area contributed by atoms with E-state index in [4.69, 9.17) is 4.74 Å². The number of sulfonamides is 1. The van der Waals surface area contributed by atoms with Crippen molar-refractivity contribution in [2.45, 2.75) is 24.2 Å². The highest BCUT2D eigenvalue weighted by atomic mass is 32.2. The third-order valence-corrected chi connectivity index (χ3v) is 6.82. The Hall–Kier alpha value is -2.91. The Morgan fingerprint density at radius 2 is 1.94 bits per heavy atom. The third kappa shape index (κ3) is 4.57. The van der Waals surface area contributed by atoms with Gasteiger partial charge in [-0.3, -0.25) is 14.3 Å². The van der Waals surface area contributed by atoms with Crippen molar-refractivity contribution in [2.24, 2.45) is 5.92 Å². The standard InChI is InChI=1S/C22H25N3O5S/c1-30-13-11-23-21(26)18-4-2-3-5-19(18)24-31(28,29)17-8-9-20-16(14-17)10-12-25(20)22(27)15-6-7-15/h2-5,8-9,14-15,24H,6-7,10-13H2,1H3,(H,23,26). The molecule has 2 aliphatic rings. The zero-order chi connectivity index (χ0) is 22.0. The van der Waals surface area contributed by atoms with Crippen LogP contribution in [0.4, 0.5) is 11.4 Å². The first-order chi connectivity index (χ1) is 14.9. The molecule has 1 heterocycles. The minimum atomic E-state index is -3.92. The van der Waals surface area contributed by atoms with Gasteiger partial charge in [0.2, 0.25) is 5.91 Å². The largest absolute Gasteiger partial charge is 0.383 e. The Morgan fingerprint density at radius 3 is 2.68 bits per heavy atom. The number of hydrogen-bond donors (Lipinski definition) is 2. The maximum Gasteiger partial charge on any atom is 0.261 e. The number of nitrogens with zero attached hydrogens (tertiary/aromatic N) is 1. The number of carbonyl (C=O) groups is 2. The van der Waals surface area contributed by atoms with E-state index in [1.165, 1.54) is 13.2 Å². The van der Waals surface area contributed by atoms with E-state index in [1.807, 2.05) is 0 Å². The first kappa shape index (κ1) is 21.3. The zero-order valence-corrected chi connectivity index (χ0v) is 18.1. The molecular weight excluding hydrogens is 418 g/mol. The molecule has 8 nitrogen and oxygen atoms in total. The minimum Gasteiger partial charge on any atom is -0.383 e. The van der Waals surface area contributed by atoms with Crippen molar-refractivity contribution in [3.63, 3.8) is 0 Å². The van der Waals surface area contributed by atoms with E-state index in [1.54, 1.807) is 41.3 Å². The van der Waals surface area contributed by atoms with Gasteiger partial charge in [0.15, 0.2) is 0 Å². The van der Waals surface area contributed by atoms with Crippen LogP contribution in [0.25, 0.3) is 0 Å². The number of ether oxygens (including phenoxy) is 1. The van der Waals surface area contributed by atoms with Crippen LogP contribution in [0.15, 0.2) is 47.4 Å². The van der Waals surface area contributed by atoms with Crippen LogP contribution in [0.1, 0.15) is 28.8 Å². The van der Waals surface area contributed by atoms with Gasteiger partial charge in [-0.1, -0.05) is 12.1 Å². The molecule has 2 N–H and O–H groups in total. The van der Waals surface area contributed by atoms with Crippen LogP contribution < -0.4 is 14.9 Å². The number of fused-ring (bicyclic) bond motifs is 1. The van der Waals surface area contributed by atoms with Gasteiger partial charge in [0, 0.05) is 31.8 Å². The molecule has 0 unspecified atom stereocenters. The fourth-order valence-electron chi connectivity index (χ4n) is 3.66. The maximum absolute atomic E-state index is 13.0. The highest BCUT2D eigenvalue weighted by molar-refractivity contribution is 7.92. The van der Waals surface area contributed by atoms with E-state index in [0.717, 1.165) is 24.1 Å². The second kappa shape index (κ2) is 8.68. The smallest absolute Gasteiger partial charge is 0.261 e. The third-order valence-electron chi connectivity index (χ3n) is 5.46. The first-order valence-corrected chi connectivity index (χ1v) is 11.7. The van der Waals surface area contributed by atoms with Crippen molar-refractivity contribution < 1.29 is 22.7 Å². The molecule has 164 valence electrons. The van der Waals surface area contributed by atoms with Crippen LogP contribution in [0.3, 0.4) is 0 Å². The molecule has 0 bridgehead atoms. The summed E-state index contributed by atoms with van der Waals surface area (Å²) in [5.74, 6) is -0.151. The second-order valence-electron chi connectivity index (χ2n) is 7.70. The van der Waals surface area contributed by atoms with Gasteiger partial charge >= 0.3 is 0 Å². The lowest BCUT2D eigenvalue weighted by Crippen LogP contribution is -2.30. The van der Waals surface area contributed by atoms with E-state index in [2.05, 4.69) is 10.0 Å². The summed E-state index contributed by atoms with van der Waals surface area (Å²) in [6.07, 6.45) is 2.48. The van der Waals surface area contributed by atoms with Gasteiger partial charge < -0.3 is 15.0 Å². The van der Waals surface area contributed by atoms with Crippen LogP contribution in [-0.2, 0) is 26.0 Å². The Labute approximate surface area is 181 Å². The van der Waals surface area contributed by atoms with Crippen LogP contribution in [-0.4, -0.2) is 47.0 Å². The fourth-order valence-corrected chi connectivity index (χ4v) is 4.79. The summed E-state index contributed by atoms with van der Waals surface area (Å²) < 4.78 is 33.5. The summed E-state index contributed by atoms with van der Waals surface area (Å²) in [7, 11) is -2.38. The van der Waals surface area contributed by atoms with Crippen molar-refractivity contribution in [3.05, 3.63) is 53.6 Å². The summed E-state index contributed by atoms with van der Waals surface area (Å²) in [6, 6.07) is 11.2. The van der Waals surface area contributed by atoms with E-state index in [0.29, 0.717) is 26.1 Å². The molecule has 1 aliphatic carbocycles. The SMILES string of the molecule is COCCNC(=O)c1ccccc1NS(=O)(=O)c1ccc2c(c1)CCN2C(=O)C1CC1. The number of carbonyl (C=O) groups excluding carboxylic acids is 2. The van der Waals surface area contributed by atoms with E-state index in [9.17, 15) is 18.0 Å². The molecule has 9 heteroatoms. The summed E-state index contributed by atoms with van der Waals surface area (Å²) in [5, 5.41) is 2.69. The van der Waals surface area contributed by atoms with Crippen LogP contribution in [0.2, 0.25) is 0 Å². The molecule has 4 rings (SSSR count). The fraction of sp³-hybridized carbons (Fsp3) is 0.364. The summed E-state index contributed by atoms with van der Waals surface area (Å²) in [6.45, 7) is 1.25. The Morgan fingerprint density at radius 1 is 1.16 bits per heavy atom. The predicted molar refractivity (Wildman–Crippen MR) is 117 cm³/mol. The lowest BCUT2D eigenvalue weighted by atomic mass is 10.1. The highest BCUT2D eigenvalue weighted by Crippen LogP contribution is 2.37. The predicted octanol–water partition coefficient (Wildman–Crippen LogP) is 2.16. The van der Waals surface area contributed by atoms with Crippen LogP contribution in [0, 0.1) is 5.92 Å². The Kier molecular flexibility index (Phi) is 5.97. The quantitative estimate of drug-likeness (QED) is 0.609. The number of methoxy groups -OCH3 is 1. The Bertz CT molecular complexity index is 1110. The number of rotatable bonds is 8. The van der Waals surface area contributed by atoms with Gasteiger partial charge in [0.25, 0.3) is 15.9 Å². The van der Waals surface area contributed by atoms with Gasteiger partial charge in [0.05, 0.1) is 22.8 Å². The molecule has 0 aromatic heterocycles. The lowest BCUT2D eigenvalue weighted by Gasteiger charge is -2.17. The number of benzene rings is 2. The van der Waals surface area contributed by atoms with Crippen molar-refractivity contribution in [2.75, 3.05) is 36.4 Å². The van der Waals surface area contributed by atoms with Gasteiger partial charge in [-0.15, -0.1) is 0 Å². The van der Waals surface area contributed by atoms with Crippen molar-refractivity contribution in [1.29, 1.82) is 0 Å². The van der Waals surface area contributed by atoms with Gasteiger partial charge in [-0.05, 0) is 55.2 Å². The van der Waals surface area contributed by atoms with Crippen molar-refractivity contribution in [1.82, 2.24) is 5.32 Å². The molecule has 2 aromatic carbocycles. The van der Waals surface area contributed by atoms with E-state index >= 15 is 0 Å². The molecule has 1 aliphatic heterocycles.